The van der Waals surface area contributed by atoms with Gasteiger partial charge in [-0.1, -0.05) is 24.3 Å². The molecule has 1 N–H and O–H groups in total. The van der Waals surface area contributed by atoms with E-state index in [1.54, 1.807) is 35.4 Å². The van der Waals surface area contributed by atoms with Gasteiger partial charge in [0.2, 0.25) is 5.91 Å². The number of carbonyl (C=O) groups is 3. The van der Waals surface area contributed by atoms with Crippen LogP contribution < -0.4 is 4.74 Å². The Hall–Kier alpha value is -4.70. The molecule has 2 aliphatic heterocycles. The lowest BCUT2D eigenvalue weighted by Crippen LogP contribution is -2.41. The molecular weight excluding hydrogens is 610 g/mol. The van der Waals surface area contributed by atoms with Crippen molar-refractivity contribution in [3.8, 4) is 23.2 Å². The number of hydrogen-bond donors (Lipinski definition) is 1. The molecule has 0 unspecified atom stereocenters. The van der Waals surface area contributed by atoms with Crippen LogP contribution in [0, 0.1) is 17.2 Å². The number of sulfone groups is 1. The molecule has 5 rings (SSSR count). The van der Waals surface area contributed by atoms with Crippen molar-refractivity contribution in [2.24, 2.45) is 5.92 Å². The number of carbonyl (C=O) groups excluding carboxylic acids is 2. The number of fused-ring (bicyclic) bond motifs is 4. The molecule has 0 atom stereocenters. The zero-order valence-corrected chi connectivity index (χ0v) is 26.5. The van der Waals surface area contributed by atoms with Crippen molar-refractivity contribution in [1.82, 2.24) is 19.4 Å². The maximum Gasteiger partial charge on any atom is 0.290 e. The highest BCUT2D eigenvalue weighted by molar-refractivity contribution is 7.91. The predicted molar refractivity (Wildman–Crippen MR) is 171 cm³/mol. The van der Waals surface area contributed by atoms with Gasteiger partial charge in [-0.05, 0) is 56.4 Å². The van der Waals surface area contributed by atoms with E-state index < -0.39 is 9.84 Å². The lowest BCUT2D eigenvalue weighted by atomic mass is 10.0. The van der Waals surface area contributed by atoms with Crippen LogP contribution in [0.25, 0.3) is 11.4 Å². The monoisotopic (exact) mass is 649 g/mol. The molecule has 1 fully saturated rings. The zero-order chi connectivity index (χ0) is 32.9. The number of carboxylic acid groups (broad SMARTS) is 1. The summed E-state index contributed by atoms with van der Waals surface area (Å²) in [5.41, 5.74) is 1.60. The average Bonchev–Trinajstić information content (AvgIpc) is 3.53. The van der Waals surface area contributed by atoms with E-state index in [0.717, 1.165) is 11.4 Å². The van der Waals surface area contributed by atoms with Gasteiger partial charge in [0.15, 0.2) is 0 Å². The van der Waals surface area contributed by atoms with Crippen molar-refractivity contribution < 1.29 is 32.6 Å². The summed E-state index contributed by atoms with van der Waals surface area (Å²) in [6.07, 6.45) is 6.32. The Morgan fingerprint density at radius 3 is 2.39 bits per heavy atom. The predicted octanol–water partition coefficient (Wildman–Crippen LogP) is 3.48. The van der Waals surface area contributed by atoms with Crippen LogP contribution in [0.4, 0.5) is 0 Å². The van der Waals surface area contributed by atoms with Gasteiger partial charge in [0.05, 0.1) is 35.3 Å². The van der Waals surface area contributed by atoms with Gasteiger partial charge < -0.3 is 24.2 Å². The van der Waals surface area contributed by atoms with Gasteiger partial charge in [-0.3, -0.25) is 14.4 Å². The van der Waals surface area contributed by atoms with Crippen LogP contribution in [-0.4, -0.2) is 95.5 Å². The molecule has 244 valence electrons. The second kappa shape index (κ2) is 16.6. The number of ether oxygens (including phenoxy) is 1. The summed E-state index contributed by atoms with van der Waals surface area (Å²) >= 11 is 0. The summed E-state index contributed by atoms with van der Waals surface area (Å²) in [7, 11) is -3.07. The fraction of sp³-hybridized carbons (Fsp3) is 0.424. The van der Waals surface area contributed by atoms with E-state index in [4.69, 9.17) is 14.6 Å². The highest BCUT2D eigenvalue weighted by Crippen LogP contribution is 2.25. The Bertz CT molecular complexity index is 1640. The Morgan fingerprint density at radius 2 is 1.65 bits per heavy atom. The first-order valence-corrected chi connectivity index (χ1v) is 17.2. The van der Waals surface area contributed by atoms with Crippen molar-refractivity contribution in [3.05, 3.63) is 72.1 Å². The van der Waals surface area contributed by atoms with Crippen molar-refractivity contribution in [2.75, 3.05) is 44.3 Å². The number of imidazole rings is 1. The molecule has 3 aromatic rings. The molecule has 2 bridgehead atoms. The molecular formula is C33H39N5O7S. The number of amides is 2. The molecule has 2 amide bonds. The van der Waals surface area contributed by atoms with Gasteiger partial charge in [0, 0.05) is 56.6 Å². The Balaban J connectivity index is 0.00000154. The fourth-order valence-corrected chi connectivity index (χ4v) is 7.23. The Kier molecular flexibility index (Phi) is 12.3. The van der Waals surface area contributed by atoms with Crippen LogP contribution in [0.5, 0.6) is 5.75 Å². The van der Waals surface area contributed by atoms with E-state index >= 15 is 0 Å². The number of benzene rings is 2. The molecule has 0 aliphatic carbocycles. The number of rotatable bonds is 2. The summed E-state index contributed by atoms with van der Waals surface area (Å²) in [5, 5.41) is 16.5. The number of hydrogen-bond acceptors (Lipinski definition) is 8. The largest absolute Gasteiger partial charge is 0.494 e. The van der Waals surface area contributed by atoms with E-state index in [1.165, 1.54) is 0 Å². The van der Waals surface area contributed by atoms with Crippen molar-refractivity contribution in [2.45, 2.75) is 38.6 Å². The average molecular weight is 650 g/mol. The van der Waals surface area contributed by atoms with E-state index in [2.05, 4.69) is 11.1 Å². The molecule has 12 nitrogen and oxygen atoms in total. The summed E-state index contributed by atoms with van der Waals surface area (Å²) in [6, 6.07) is 16.7. The van der Waals surface area contributed by atoms with E-state index in [1.807, 2.05) is 39.9 Å². The lowest BCUT2D eigenvalue weighted by molar-refractivity contribution is -0.136. The topological polar surface area (TPSA) is 163 Å². The van der Waals surface area contributed by atoms with E-state index in [-0.39, 0.29) is 35.7 Å². The summed E-state index contributed by atoms with van der Waals surface area (Å²) < 4.78 is 32.0. The maximum atomic E-state index is 13.7. The molecule has 1 saturated heterocycles. The van der Waals surface area contributed by atoms with Crippen LogP contribution in [-0.2, 0) is 26.0 Å². The first-order chi connectivity index (χ1) is 22.3. The Labute approximate surface area is 269 Å². The summed E-state index contributed by atoms with van der Waals surface area (Å²) in [6.45, 7) is 2.59. The van der Waals surface area contributed by atoms with E-state index in [0.29, 0.717) is 88.3 Å². The van der Waals surface area contributed by atoms with Crippen LogP contribution in [0.2, 0.25) is 0 Å². The van der Waals surface area contributed by atoms with E-state index in [9.17, 15) is 23.3 Å². The van der Waals surface area contributed by atoms with Gasteiger partial charge in [-0.25, -0.2) is 13.4 Å². The molecule has 46 heavy (non-hydrogen) atoms. The first kappa shape index (κ1) is 34.2. The molecule has 3 heterocycles. The van der Waals surface area contributed by atoms with Gasteiger partial charge >= 0.3 is 0 Å². The van der Waals surface area contributed by atoms with Crippen molar-refractivity contribution in [1.29, 1.82) is 5.26 Å². The highest BCUT2D eigenvalue weighted by Gasteiger charge is 2.31. The van der Waals surface area contributed by atoms with Crippen molar-refractivity contribution >= 4 is 28.1 Å². The second-order valence-electron chi connectivity index (χ2n) is 11.2. The minimum Gasteiger partial charge on any atom is -0.494 e. The third-order valence-corrected chi connectivity index (χ3v) is 9.86. The van der Waals surface area contributed by atoms with Gasteiger partial charge in [-0.2, -0.15) is 5.26 Å². The molecule has 13 heteroatoms. The first-order valence-electron chi connectivity index (χ1n) is 15.4. The highest BCUT2D eigenvalue weighted by atomic mass is 32.2. The summed E-state index contributed by atoms with van der Waals surface area (Å²) in [4.78, 5) is 43.8. The molecule has 2 aromatic carbocycles. The zero-order valence-electron chi connectivity index (χ0n) is 25.7. The second-order valence-corrected chi connectivity index (χ2v) is 13.5. The smallest absolute Gasteiger partial charge is 0.290 e. The van der Waals surface area contributed by atoms with Crippen LogP contribution in [0.3, 0.4) is 0 Å². The maximum absolute atomic E-state index is 13.7. The van der Waals surface area contributed by atoms with Gasteiger partial charge in [-0.15, -0.1) is 0 Å². The minimum absolute atomic E-state index is 0.00359. The standard InChI is InChI=1S/C32H37N5O5S.CH2O2/c33-24-27-7-1-2-10-29(27)32(39)37-15-4-3-14-36(31(38)25-11-21-43(40,41)22-12-25)16-6-20-42-28-9-5-8-26(23-28)30-34-13-17-35(30)18-19-37;2-1-3/h1-2,5,7-10,13,17,23,25H,3-4,6,11-12,14-16,18-22H2;1H,(H,2,3). The van der Waals surface area contributed by atoms with Gasteiger partial charge in [0.1, 0.15) is 21.4 Å². The van der Waals surface area contributed by atoms with Gasteiger partial charge in [0.25, 0.3) is 12.4 Å². The minimum atomic E-state index is -3.07. The summed E-state index contributed by atoms with van der Waals surface area (Å²) in [5.74, 6) is 1.07. The van der Waals surface area contributed by atoms with Crippen molar-refractivity contribution in [3.63, 3.8) is 0 Å². The lowest BCUT2D eigenvalue weighted by Gasteiger charge is -2.30. The number of aromatic nitrogens is 2. The third-order valence-electron chi connectivity index (χ3n) is 8.15. The quantitative estimate of drug-likeness (QED) is 0.410. The Morgan fingerprint density at radius 1 is 0.957 bits per heavy atom. The molecule has 0 saturated carbocycles. The molecule has 2 aliphatic rings. The molecule has 0 radical (unpaired) electrons. The molecule has 0 spiro atoms. The van der Waals surface area contributed by atoms with Crippen LogP contribution in [0.15, 0.2) is 60.9 Å². The number of nitrogens with zero attached hydrogens (tertiary/aromatic N) is 5. The normalized spacial score (nSPS) is 17.5. The SMILES string of the molecule is N#Cc1ccccc1C(=O)N1CCCCN(C(=O)C2CCS(=O)(=O)CC2)CCCOc2cccc(c2)-c2nccn2CC1.O=CO. The number of nitriles is 1. The third kappa shape index (κ3) is 9.17. The molecule has 1 aromatic heterocycles. The van der Waals surface area contributed by atoms with Crippen LogP contribution in [0.1, 0.15) is 48.0 Å². The van der Waals surface area contributed by atoms with Crippen LogP contribution >= 0.6 is 0 Å². The fourth-order valence-electron chi connectivity index (χ4n) is 5.73.